The van der Waals surface area contributed by atoms with Crippen molar-refractivity contribution in [2.24, 2.45) is 0 Å². The first-order chi connectivity index (χ1) is 8.22. The molecule has 0 aromatic rings. The summed E-state index contributed by atoms with van der Waals surface area (Å²) in [6.07, 6.45) is 3.47. The number of hydrogen-bond donors (Lipinski definition) is 4. The van der Waals surface area contributed by atoms with Gasteiger partial charge in [-0.1, -0.05) is 19.3 Å². The zero-order valence-electron chi connectivity index (χ0n) is 10.1. The molecule has 5 nitrogen and oxygen atoms in total. The fourth-order valence-electron chi connectivity index (χ4n) is 2.76. The molecule has 0 radical (unpaired) electrons. The monoisotopic (exact) mass is 245 g/mol. The zero-order valence-corrected chi connectivity index (χ0v) is 10.1. The van der Waals surface area contributed by atoms with Crippen molar-refractivity contribution in [3.63, 3.8) is 0 Å². The Labute approximate surface area is 102 Å². The summed E-state index contributed by atoms with van der Waals surface area (Å²) in [7, 11) is 0. The van der Waals surface area contributed by atoms with Gasteiger partial charge in [0.15, 0.2) is 0 Å². The predicted octanol–water partition coefficient (Wildman–Crippen LogP) is -0.610. The highest BCUT2D eigenvalue weighted by molar-refractivity contribution is 4.92. The SMILES string of the molecule is OC[C@H]1OC[C@H](NC2CCCCC2)[C@@H](O)[C@H]1O. The van der Waals surface area contributed by atoms with E-state index >= 15 is 0 Å². The second-order valence-corrected chi connectivity index (χ2v) is 5.14. The third kappa shape index (κ3) is 3.17. The molecule has 0 aromatic carbocycles. The van der Waals surface area contributed by atoms with Crippen LogP contribution in [0.2, 0.25) is 0 Å². The quantitative estimate of drug-likeness (QED) is 0.533. The van der Waals surface area contributed by atoms with Gasteiger partial charge in [0.25, 0.3) is 0 Å². The molecule has 4 N–H and O–H groups in total. The van der Waals surface area contributed by atoms with Gasteiger partial charge in [-0.25, -0.2) is 0 Å². The number of ether oxygens (including phenoxy) is 1. The van der Waals surface area contributed by atoms with Gasteiger partial charge in [-0.3, -0.25) is 0 Å². The lowest BCUT2D eigenvalue weighted by atomic mass is 9.92. The number of rotatable bonds is 3. The fraction of sp³-hybridized carbons (Fsp3) is 1.00. The Morgan fingerprint density at radius 1 is 1.06 bits per heavy atom. The van der Waals surface area contributed by atoms with Crippen molar-refractivity contribution in [2.75, 3.05) is 13.2 Å². The lowest BCUT2D eigenvalue weighted by Crippen LogP contribution is -2.60. The second kappa shape index (κ2) is 6.11. The van der Waals surface area contributed by atoms with Crippen LogP contribution in [0.15, 0.2) is 0 Å². The van der Waals surface area contributed by atoms with Crippen LogP contribution < -0.4 is 5.32 Å². The lowest BCUT2D eigenvalue weighted by molar-refractivity contribution is -0.163. The smallest absolute Gasteiger partial charge is 0.110 e. The van der Waals surface area contributed by atoms with Crippen LogP contribution in [0.25, 0.3) is 0 Å². The van der Waals surface area contributed by atoms with Gasteiger partial charge >= 0.3 is 0 Å². The summed E-state index contributed by atoms with van der Waals surface area (Å²) < 4.78 is 5.34. The molecule has 2 fully saturated rings. The second-order valence-electron chi connectivity index (χ2n) is 5.14. The standard InChI is InChI=1S/C12H23NO4/c14-6-10-12(16)11(15)9(7-17-10)13-8-4-2-1-3-5-8/h8-16H,1-7H2/t9-,10+,11+,12-/m0/s1. The molecule has 5 heteroatoms. The van der Waals surface area contributed by atoms with Crippen LogP contribution in [-0.4, -0.2) is 58.9 Å². The van der Waals surface area contributed by atoms with Gasteiger partial charge < -0.3 is 25.4 Å². The van der Waals surface area contributed by atoms with Crippen LogP contribution in [0.3, 0.4) is 0 Å². The third-order valence-corrected chi connectivity index (χ3v) is 3.87. The highest BCUT2D eigenvalue weighted by Gasteiger charge is 2.38. The van der Waals surface area contributed by atoms with Crippen LogP contribution in [0.5, 0.6) is 0 Å². The van der Waals surface area contributed by atoms with Crippen LogP contribution in [0.1, 0.15) is 32.1 Å². The van der Waals surface area contributed by atoms with E-state index in [1.54, 1.807) is 0 Å². The Morgan fingerprint density at radius 2 is 1.76 bits per heavy atom. The third-order valence-electron chi connectivity index (χ3n) is 3.87. The molecule has 17 heavy (non-hydrogen) atoms. The molecule has 0 aromatic heterocycles. The van der Waals surface area contributed by atoms with E-state index in [-0.39, 0.29) is 12.6 Å². The van der Waals surface area contributed by atoms with Gasteiger partial charge in [0, 0.05) is 6.04 Å². The van der Waals surface area contributed by atoms with E-state index in [0.717, 1.165) is 12.8 Å². The van der Waals surface area contributed by atoms with Crippen LogP contribution >= 0.6 is 0 Å². The first-order valence-electron chi connectivity index (χ1n) is 6.57. The highest BCUT2D eigenvalue weighted by atomic mass is 16.5. The van der Waals surface area contributed by atoms with Gasteiger partial charge in [0.2, 0.25) is 0 Å². The Kier molecular flexibility index (Phi) is 4.76. The first-order valence-corrected chi connectivity index (χ1v) is 6.57. The minimum absolute atomic E-state index is 0.226. The van der Waals surface area contributed by atoms with Crippen molar-refractivity contribution >= 4 is 0 Å². The number of aliphatic hydroxyl groups is 3. The van der Waals surface area contributed by atoms with Crippen molar-refractivity contribution in [1.29, 1.82) is 0 Å². The largest absolute Gasteiger partial charge is 0.394 e. The van der Waals surface area contributed by atoms with Gasteiger partial charge in [-0.15, -0.1) is 0 Å². The van der Waals surface area contributed by atoms with Gasteiger partial charge in [-0.2, -0.15) is 0 Å². The van der Waals surface area contributed by atoms with Crippen molar-refractivity contribution in [1.82, 2.24) is 5.32 Å². The Morgan fingerprint density at radius 3 is 2.41 bits per heavy atom. The van der Waals surface area contributed by atoms with Crippen LogP contribution in [0, 0.1) is 0 Å². The molecule has 1 heterocycles. The summed E-state index contributed by atoms with van der Waals surface area (Å²) in [5, 5.41) is 32.1. The van der Waals surface area contributed by atoms with Gasteiger partial charge in [0.05, 0.1) is 19.3 Å². The average molecular weight is 245 g/mol. The van der Waals surface area contributed by atoms with Crippen molar-refractivity contribution < 1.29 is 20.1 Å². The molecule has 2 rings (SSSR count). The normalized spacial score (nSPS) is 40.4. The topological polar surface area (TPSA) is 82.0 Å². The zero-order chi connectivity index (χ0) is 12.3. The summed E-state index contributed by atoms with van der Waals surface area (Å²) in [4.78, 5) is 0. The summed E-state index contributed by atoms with van der Waals surface area (Å²) >= 11 is 0. The first kappa shape index (κ1) is 13.2. The van der Waals surface area contributed by atoms with E-state index in [1.807, 2.05) is 0 Å². The highest BCUT2D eigenvalue weighted by Crippen LogP contribution is 2.21. The Hall–Kier alpha value is -0.200. The maximum atomic E-state index is 9.97. The lowest BCUT2D eigenvalue weighted by Gasteiger charge is -2.39. The molecule has 0 unspecified atom stereocenters. The van der Waals surface area contributed by atoms with Crippen LogP contribution in [-0.2, 0) is 4.74 Å². The minimum atomic E-state index is -1.00. The summed E-state index contributed by atoms with van der Waals surface area (Å²) in [6.45, 7) is 0.0916. The van der Waals surface area contributed by atoms with E-state index in [1.165, 1.54) is 19.3 Å². The fourth-order valence-corrected chi connectivity index (χ4v) is 2.76. The molecule has 1 aliphatic heterocycles. The Bertz CT molecular complexity index is 233. The summed E-state index contributed by atoms with van der Waals surface area (Å²) in [5.74, 6) is 0. The van der Waals surface area contributed by atoms with Gasteiger partial charge in [0.1, 0.15) is 18.3 Å². The number of nitrogens with one attached hydrogen (secondary N) is 1. The maximum absolute atomic E-state index is 9.97. The predicted molar refractivity (Wildman–Crippen MR) is 62.6 cm³/mol. The Balaban J connectivity index is 1.84. The van der Waals surface area contributed by atoms with E-state index in [2.05, 4.69) is 5.32 Å². The molecule has 1 aliphatic carbocycles. The number of hydrogen-bond acceptors (Lipinski definition) is 5. The maximum Gasteiger partial charge on any atom is 0.110 e. The van der Waals surface area contributed by atoms with Crippen LogP contribution in [0.4, 0.5) is 0 Å². The van der Waals surface area contributed by atoms with E-state index in [9.17, 15) is 10.2 Å². The molecule has 4 atom stereocenters. The summed E-state index contributed by atoms with van der Waals surface area (Å²) in [6, 6.07) is 0.195. The number of aliphatic hydroxyl groups excluding tert-OH is 3. The van der Waals surface area contributed by atoms with E-state index < -0.39 is 18.3 Å². The van der Waals surface area contributed by atoms with Crippen molar-refractivity contribution in [3.8, 4) is 0 Å². The van der Waals surface area contributed by atoms with E-state index in [4.69, 9.17) is 9.84 Å². The molecule has 0 bridgehead atoms. The molecule has 0 spiro atoms. The van der Waals surface area contributed by atoms with Crippen molar-refractivity contribution in [3.05, 3.63) is 0 Å². The summed E-state index contributed by atoms with van der Waals surface area (Å²) in [5.41, 5.74) is 0. The van der Waals surface area contributed by atoms with E-state index in [0.29, 0.717) is 12.6 Å². The molecule has 2 aliphatic rings. The van der Waals surface area contributed by atoms with Crippen molar-refractivity contribution in [2.45, 2.75) is 62.5 Å². The molecular formula is C12H23NO4. The average Bonchev–Trinajstić information content (AvgIpc) is 2.37. The minimum Gasteiger partial charge on any atom is -0.394 e. The molecule has 1 saturated heterocycles. The molecular weight excluding hydrogens is 222 g/mol. The van der Waals surface area contributed by atoms with Gasteiger partial charge in [-0.05, 0) is 12.8 Å². The molecule has 1 saturated carbocycles. The molecule has 100 valence electrons. The molecule has 0 amide bonds.